The zero-order valence-corrected chi connectivity index (χ0v) is 18.0. The summed E-state index contributed by atoms with van der Waals surface area (Å²) in [6, 6.07) is 13.7. The number of hydrogen-bond acceptors (Lipinski definition) is 5. The minimum Gasteiger partial charge on any atom is -0.507 e. The summed E-state index contributed by atoms with van der Waals surface area (Å²) in [5.41, 5.74) is -0.0595. The molecular formula is C23H13Cl2FN2O5. The van der Waals surface area contributed by atoms with E-state index in [0.717, 1.165) is 17.0 Å². The van der Waals surface area contributed by atoms with Crippen LogP contribution in [0, 0.1) is 15.9 Å². The van der Waals surface area contributed by atoms with Gasteiger partial charge in [0.15, 0.2) is 0 Å². The van der Waals surface area contributed by atoms with E-state index in [9.17, 15) is 29.2 Å². The second-order valence-corrected chi connectivity index (χ2v) is 7.97. The molecule has 0 spiro atoms. The van der Waals surface area contributed by atoms with Gasteiger partial charge in [0.05, 0.1) is 21.6 Å². The molecule has 0 saturated carbocycles. The van der Waals surface area contributed by atoms with E-state index in [1.807, 2.05) is 0 Å². The topological polar surface area (TPSA) is 101 Å². The van der Waals surface area contributed by atoms with Gasteiger partial charge in [0, 0.05) is 28.4 Å². The third-order valence-electron chi connectivity index (χ3n) is 5.14. The molecule has 7 nitrogen and oxygen atoms in total. The molecule has 166 valence electrons. The molecule has 1 aliphatic rings. The number of rotatable bonds is 4. The van der Waals surface area contributed by atoms with Crippen molar-refractivity contribution in [1.82, 2.24) is 0 Å². The van der Waals surface area contributed by atoms with Crippen LogP contribution in [0.4, 0.5) is 15.8 Å². The number of nitrogens with zero attached hydrogens (tertiary/aromatic N) is 2. The van der Waals surface area contributed by atoms with E-state index < -0.39 is 34.2 Å². The van der Waals surface area contributed by atoms with Crippen molar-refractivity contribution in [2.24, 2.45) is 0 Å². The van der Waals surface area contributed by atoms with Crippen LogP contribution >= 0.6 is 23.2 Å². The fourth-order valence-electron chi connectivity index (χ4n) is 3.62. The monoisotopic (exact) mass is 486 g/mol. The maximum atomic E-state index is 13.7. The van der Waals surface area contributed by atoms with Gasteiger partial charge in [0.1, 0.15) is 11.6 Å². The lowest BCUT2D eigenvalue weighted by molar-refractivity contribution is -0.384. The number of halogens is 3. The lowest BCUT2D eigenvalue weighted by Gasteiger charge is -2.25. The van der Waals surface area contributed by atoms with E-state index >= 15 is 0 Å². The lowest BCUT2D eigenvalue weighted by Crippen LogP contribution is -2.29. The van der Waals surface area contributed by atoms with Gasteiger partial charge in [-0.2, -0.15) is 0 Å². The summed E-state index contributed by atoms with van der Waals surface area (Å²) in [6.07, 6.45) is 0. The van der Waals surface area contributed by atoms with E-state index in [-0.39, 0.29) is 27.5 Å². The maximum Gasteiger partial charge on any atom is 0.300 e. The molecule has 4 rings (SSSR count). The first kappa shape index (κ1) is 22.4. The van der Waals surface area contributed by atoms with Crippen molar-refractivity contribution in [2.75, 3.05) is 4.90 Å². The second-order valence-electron chi connectivity index (χ2n) is 7.13. The predicted octanol–water partition coefficient (Wildman–Crippen LogP) is 5.67. The smallest absolute Gasteiger partial charge is 0.300 e. The Morgan fingerprint density at radius 2 is 1.73 bits per heavy atom. The molecule has 0 bridgehead atoms. The summed E-state index contributed by atoms with van der Waals surface area (Å²) in [6.45, 7) is 0. The molecule has 3 aromatic rings. The summed E-state index contributed by atoms with van der Waals surface area (Å²) in [5, 5.41) is 22.3. The Balaban J connectivity index is 1.96. The Morgan fingerprint density at radius 3 is 2.36 bits per heavy atom. The molecule has 1 heterocycles. The molecule has 1 unspecified atom stereocenters. The Morgan fingerprint density at radius 1 is 1.03 bits per heavy atom. The number of non-ortho nitro benzene ring substituents is 1. The summed E-state index contributed by atoms with van der Waals surface area (Å²) in [4.78, 5) is 37.7. The molecular weight excluding hydrogens is 474 g/mol. The highest BCUT2D eigenvalue weighted by Gasteiger charge is 2.47. The highest BCUT2D eigenvalue weighted by molar-refractivity contribution is 6.51. The number of benzene rings is 3. The molecule has 1 N–H and O–H groups in total. The minimum absolute atomic E-state index is 0.0155. The summed E-state index contributed by atoms with van der Waals surface area (Å²) < 4.78 is 13.7. The molecule has 1 amide bonds. The van der Waals surface area contributed by atoms with Crippen molar-refractivity contribution in [1.29, 1.82) is 0 Å². The number of ketones is 1. The standard InChI is InChI=1S/C23H13Cl2FN2O5/c24-14-6-4-12(5-7-14)20-19(21(29)13-2-1-3-16(10-13)28(32)33)22(30)23(31)27(20)15-8-9-18(26)17(25)11-15/h1-11,20,29H/b21-19+. The molecule has 1 aliphatic heterocycles. The largest absolute Gasteiger partial charge is 0.507 e. The molecule has 1 saturated heterocycles. The quantitative estimate of drug-likeness (QED) is 0.168. The number of anilines is 1. The minimum atomic E-state index is -1.12. The third kappa shape index (κ3) is 4.06. The third-order valence-corrected chi connectivity index (χ3v) is 5.68. The summed E-state index contributed by atoms with van der Waals surface area (Å²) in [5.74, 6) is -3.30. The maximum absolute atomic E-state index is 13.7. The highest BCUT2D eigenvalue weighted by atomic mass is 35.5. The molecule has 1 fully saturated rings. The van der Waals surface area contributed by atoms with Gasteiger partial charge < -0.3 is 5.11 Å². The number of nitro benzene ring substituents is 1. The zero-order valence-electron chi connectivity index (χ0n) is 16.5. The van der Waals surface area contributed by atoms with Crippen LogP contribution in [0.15, 0.2) is 72.3 Å². The van der Waals surface area contributed by atoms with Crippen molar-refractivity contribution >= 4 is 52.0 Å². The van der Waals surface area contributed by atoms with Gasteiger partial charge in [-0.25, -0.2) is 4.39 Å². The van der Waals surface area contributed by atoms with Gasteiger partial charge in [-0.15, -0.1) is 0 Å². The van der Waals surface area contributed by atoms with Gasteiger partial charge >= 0.3 is 0 Å². The molecule has 33 heavy (non-hydrogen) atoms. The number of carbonyl (C=O) groups excluding carboxylic acids is 2. The van der Waals surface area contributed by atoms with Crippen LogP contribution in [-0.4, -0.2) is 21.7 Å². The first-order valence-electron chi connectivity index (χ1n) is 9.45. The lowest BCUT2D eigenvalue weighted by atomic mass is 9.95. The number of nitro groups is 1. The van der Waals surface area contributed by atoms with Crippen LogP contribution in [0.25, 0.3) is 5.76 Å². The molecule has 0 radical (unpaired) electrons. The van der Waals surface area contributed by atoms with Crippen LogP contribution in [0.1, 0.15) is 17.2 Å². The van der Waals surface area contributed by atoms with Gasteiger partial charge in [0.2, 0.25) is 0 Å². The van der Waals surface area contributed by atoms with Gasteiger partial charge in [-0.3, -0.25) is 24.6 Å². The number of aliphatic hydroxyl groups is 1. The van der Waals surface area contributed by atoms with Crippen LogP contribution in [0.2, 0.25) is 10.0 Å². The van der Waals surface area contributed by atoms with Gasteiger partial charge in [-0.1, -0.05) is 47.5 Å². The predicted molar refractivity (Wildman–Crippen MR) is 121 cm³/mol. The van der Waals surface area contributed by atoms with Crippen LogP contribution in [-0.2, 0) is 9.59 Å². The number of carbonyl (C=O) groups is 2. The summed E-state index contributed by atoms with van der Waals surface area (Å²) >= 11 is 11.9. The molecule has 0 aliphatic carbocycles. The van der Waals surface area contributed by atoms with Gasteiger partial charge in [0.25, 0.3) is 17.4 Å². The average Bonchev–Trinajstić information content (AvgIpc) is 3.06. The SMILES string of the molecule is O=C1C(=O)N(c2ccc(F)c(Cl)c2)C(c2ccc(Cl)cc2)/C1=C(\O)c1cccc([N+](=O)[O-])c1. The van der Waals surface area contributed by atoms with Crippen molar-refractivity contribution in [2.45, 2.75) is 6.04 Å². The Hall–Kier alpha value is -3.75. The average molecular weight is 487 g/mol. The molecule has 1 atom stereocenters. The number of hydrogen-bond donors (Lipinski definition) is 1. The van der Waals surface area contributed by atoms with Crippen molar-refractivity contribution < 1.29 is 24.0 Å². The number of amides is 1. The first-order chi connectivity index (χ1) is 15.7. The van der Waals surface area contributed by atoms with Crippen molar-refractivity contribution in [3.8, 4) is 0 Å². The van der Waals surface area contributed by atoms with Gasteiger partial charge in [-0.05, 0) is 35.9 Å². The fraction of sp³-hybridized carbons (Fsp3) is 0.0435. The van der Waals surface area contributed by atoms with Crippen molar-refractivity contribution in [3.63, 3.8) is 0 Å². The number of Topliss-reactive ketones (excluding diaryl/α,β-unsaturated/α-hetero) is 1. The first-order valence-corrected chi connectivity index (χ1v) is 10.2. The van der Waals surface area contributed by atoms with E-state index in [0.29, 0.717) is 10.6 Å². The van der Waals surface area contributed by atoms with Crippen LogP contribution < -0.4 is 4.90 Å². The summed E-state index contributed by atoms with van der Waals surface area (Å²) in [7, 11) is 0. The van der Waals surface area contributed by atoms with E-state index in [1.165, 1.54) is 30.3 Å². The van der Waals surface area contributed by atoms with E-state index in [1.54, 1.807) is 24.3 Å². The van der Waals surface area contributed by atoms with E-state index in [2.05, 4.69) is 0 Å². The Bertz CT molecular complexity index is 1340. The second kappa shape index (κ2) is 8.65. The molecule has 0 aromatic heterocycles. The number of aliphatic hydroxyl groups excluding tert-OH is 1. The normalized spacial score (nSPS) is 17.4. The Kier molecular flexibility index (Phi) is 5.88. The fourth-order valence-corrected chi connectivity index (χ4v) is 3.92. The van der Waals surface area contributed by atoms with Crippen molar-refractivity contribution in [3.05, 3.63) is 109 Å². The van der Waals surface area contributed by atoms with E-state index in [4.69, 9.17) is 23.2 Å². The van der Waals surface area contributed by atoms with Crippen LogP contribution in [0.3, 0.4) is 0 Å². The Labute approximate surface area is 196 Å². The highest BCUT2D eigenvalue weighted by Crippen LogP contribution is 2.43. The zero-order chi connectivity index (χ0) is 23.9. The molecule has 3 aromatic carbocycles. The van der Waals surface area contributed by atoms with Crippen LogP contribution in [0.5, 0.6) is 0 Å². The molecule has 10 heteroatoms.